The Kier molecular flexibility index (Phi) is 8.09. The summed E-state index contributed by atoms with van der Waals surface area (Å²) in [4.78, 5) is 26.8. The Hall–Kier alpha value is -3.67. The first-order valence-electron chi connectivity index (χ1n) is 8.26. The van der Waals surface area contributed by atoms with Gasteiger partial charge in [-0.25, -0.2) is 0 Å². The van der Waals surface area contributed by atoms with Crippen molar-refractivity contribution in [3.8, 4) is 29.7 Å². The van der Waals surface area contributed by atoms with Crippen LogP contribution in [0.1, 0.15) is 18.1 Å². The van der Waals surface area contributed by atoms with Gasteiger partial charge in [0.15, 0.2) is 11.3 Å². The Morgan fingerprint density at radius 1 is 1.24 bits per heavy atom. The van der Waals surface area contributed by atoms with Crippen LogP contribution in [0.2, 0.25) is 5.02 Å². The fraction of sp³-hybridized carbons (Fsp3) is 0.300. The lowest BCUT2D eigenvalue weighted by Crippen LogP contribution is -2.29. The highest BCUT2D eigenvalue weighted by atomic mass is 35.5. The number of nitrogens with zero attached hydrogens (tertiary/aromatic N) is 4. The van der Waals surface area contributed by atoms with Crippen LogP contribution in [0.5, 0.6) is 5.75 Å². The van der Waals surface area contributed by atoms with Gasteiger partial charge in [0.2, 0.25) is 5.91 Å². The molecule has 0 heterocycles. The average Bonchev–Trinajstić information content (AvgIpc) is 2.69. The van der Waals surface area contributed by atoms with Gasteiger partial charge in [-0.2, -0.15) is 10.5 Å². The molecule has 9 heteroatoms. The molecule has 1 rings (SSSR count). The van der Waals surface area contributed by atoms with Gasteiger partial charge in [0, 0.05) is 26.7 Å². The van der Waals surface area contributed by atoms with E-state index in [0.717, 1.165) is 17.0 Å². The molecular formula is C20H19ClN4O4. The fourth-order valence-electron chi connectivity index (χ4n) is 2.20. The second-order valence-electron chi connectivity index (χ2n) is 6.24. The molecule has 2 amide bonds. The van der Waals surface area contributed by atoms with Crippen molar-refractivity contribution in [3.05, 3.63) is 33.9 Å². The largest absolute Gasteiger partial charge is 0.506 e. The highest BCUT2D eigenvalue weighted by Gasteiger charge is 2.21. The Morgan fingerprint density at radius 3 is 2.38 bits per heavy atom. The number of amides is 2. The van der Waals surface area contributed by atoms with E-state index in [0.29, 0.717) is 0 Å². The number of hydrogen-bond acceptors (Lipinski definition) is 6. The van der Waals surface area contributed by atoms with Gasteiger partial charge in [-0.05, 0) is 19.1 Å². The number of carbonyl (C=O) groups excluding carboxylic acids is 2. The van der Waals surface area contributed by atoms with Crippen molar-refractivity contribution in [2.75, 3.05) is 27.7 Å². The summed E-state index contributed by atoms with van der Waals surface area (Å²) >= 11 is 5.82. The molecule has 8 nitrogen and oxygen atoms in total. The van der Waals surface area contributed by atoms with Crippen LogP contribution in [-0.2, 0) is 9.59 Å². The van der Waals surface area contributed by atoms with E-state index in [9.17, 15) is 25.1 Å². The van der Waals surface area contributed by atoms with Crippen molar-refractivity contribution < 1.29 is 19.8 Å². The summed E-state index contributed by atoms with van der Waals surface area (Å²) in [5.74, 6) is 2.70. The van der Waals surface area contributed by atoms with E-state index >= 15 is 0 Å². The topological polar surface area (TPSA) is 129 Å². The zero-order valence-corrected chi connectivity index (χ0v) is 17.1. The molecule has 0 saturated carbocycles. The van der Waals surface area contributed by atoms with Crippen molar-refractivity contribution in [1.82, 2.24) is 9.80 Å². The minimum absolute atomic E-state index is 0.0704. The second-order valence-corrected chi connectivity index (χ2v) is 6.65. The number of rotatable bonds is 4. The number of carbonyl (C=O) groups is 2. The first kappa shape index (κ1) is 23.4. The van der Waals surface area contributed by atoms with Crippen molar-refractivity contribution in [2.45, 2.75) is 6.92 Å². The Labute approximate surface area is 173 Å². The van der Waals surface area contributed by atoms with Gasteiger partial charge >= 0.3 is 0 Å². The summed E-state index contributed by atoms with van der Waals surface area (Å²) in [6, 6.07) is 5.56. The minimum atomic E-state index is -0.811. The predicted octanol–water partition coefficient (Wildman–Crippen LogP) is 1.90. The summed E-state index contributed by atoms with van der Waals surface area (Å²) in [6.07, 6.45) is 0. The number of aliphatic hydroxyl groups excluding tert-OH is 1. The average molecular weight is 415 g/mol. The Morgan fingerprint density at radius 2 is 1.86 bits per heavy atom. The third kappa shape index (κ3) is 5.65. The molecule has 1 unspecified atom stereocenters. The van der Waals surface area contributed by atoms with Crippen LogP contribution in [0.15, 0.2) is 17.7 Å². The zero-order chi connectivity index (χ0) is 22.3. The molecule has 0 aliphatic rings. The third-order valence-corrected chi connectivity index (χ3v) is 4.10. The number of aromatic hydroxyl groups is 1. The standard InChI is InChI=1S/C20H19ClN4O4/c1-12(19(28)24(2)3)6-5-7-25(4)20(29)15(11-23)17(26)13-8-14(10-22)18(27)16(21)9-13/h8-9,12,26-27H,7H2,1-4H3/b17-15-. The fourth-order valence-corrected chi connectivity index (χ4v) is 2.42. The maximum atomic E-state index is 12.5. The molecule has 0 aliphatic carbocycles. The van der Waals surface area contributed by atoms with E-state index in [4.69, 9.17) is 16.9 Å². The monoisotopic (exact) mass is 414 g/mol. The predicted molar refractivity (Wildman–Crippen MR) is 106 cm³/mol. The molecule has 0 spiro atoms. The Balaban J connectivity index is 3.13. The number of hydrogen-bond donors (Lipinski definition) is 2. The van der Waals surface area contributed by atoms with Crippen LogP contribution in [0.4, 0.5) is 0 Å². The highest BCUT2D eigenvalue weighted by molar-refractivity contribution is 6.32. The van der Waals surface area contributed by atoms with Gasteiger partial charge in [-0.15, -0.1) is 0 Å². The van der Waals surface area contributed by atoms with Crippen LogP contribution in [0.3, 0.4) is 0 Å². The highest BCUT2D eigenvalue weighted by Crippen LogP contribution is 2.31. The van der Waals surface area contributed by atoms with E-state index in [1.165, 1.54) is 11.9 Å². The van der Waals surface area contributed by atoms with E-state index in [2.05, 4.69) is 11.8 Å². The summed E-state index contributed by atoms with van der Waals surface area (Å²) in [5.41, 5.74) is -0.876. The maximum absolute atomic E-state index is 12.5. The number of likely N-dealkylation sites (N-methyl/N-ethyl adjacent to an activating group) is 1. The van der Waals surface area contributed by atoms with Crippen molar-refractivity contribution >= 4 is 29.2 Å². The van der Waals surface area contributed by atoms with Crippen LogP contribution in [-0.4, -0.2) is 59.5 Å². The minimum Gasteiger partial charge on any atom is -0.506 e. The molecule has 1 aromatic carbocycles. The molecule has 0 aromatic heterocycles. The quantitative estimate of drug-likeness (QED) is 0.335. The third-order valence-electron chi connectivity index (χ3n) is 3.81. The number of aliphatic hydroxyl groups is 1. The summed E-state index contributed by atoms with van der Waals surface area (Å²) in [6.45, 7) is 1.55. The molecule has 150 valence electrons. The molecule has 0 bridgehead atoms. The normalized spacial score (nSPS) is 11.7. The van der Waals surface area contributed by atoms with Crippen LogP contribution in [0, 0.1) is 40.4 Å². The molecule has 0 radical (unpaired) electrons. The molecule has 0 fully saturated rings. The lowest BCUT2D eigenvalue weighted by Gasteiger charge is -2.15. The molecule has 0 aliphatic heterocycles. The van der Waals surface area contributed by atoms with Gasteiger partial charge in [0.05, 0.1) is 23.0 Å². The Bertz CT molecular complexity index is 1010. The van der Waals surface area contributed by atoms with E-state index in [-0.39, 0.29) is 28.6 Å². The van der Waals surface area contributed by atoms with Crippen molar-refractivity contribution in [2.24, 2.45) is 5.92 Å². The lowest BCUT2D eigenvalue weighted by atomic mass is 10.0. The van der Waals surface area contributed by atoms with Gasteiger partial charge in [-0.3, -0.25) is 9.59 Å². The van der Waals surface area contributed by atoms with Crippen LogP contribution in [0.25, 0.3) is 5.76 Å². The number of benzene rings is 1. The number of phenolic OH excluding ortho intramolecular Hbond substituents is 1. The second kappa shape index (κ2) is 10.0. The molecule has 2 N–H and O–H groups in total. The molecule has 1 aromatic rings. The molecular weight excluding hydrogens is 396 g/mol. The number of phenols is 1. The first-order valence-corrected chi connectivity index (χ1v) is 8.64. The molecule has 1 atom stereocenters. The van der Waals surface area contributed by atoms with Crippen LogP contribution < -0.4 is 0 Å². The lowest BCUT2D eigenvalue weighted by molar-refractivity contribution is -0.130. The smallest absolute Gasteiger partial charge is 0.268 e. The van der Waals surface area contributed by atoms with Crippen molar-refractivity contribution in [3.63, 3.8) is 0 Å². The number of nitriles is 2. The maximum Gasteiger partial charge on any atom is 0.268 e. The summed E-state index contributed by atoms with van der Waals surface area (Å²) in [5, 5.41) is 38.2. The van der Waals surface area contributed by atoms with Gasteiger partial charge in [-0.1, -0.05) is 23.4 Å². The van der Waals surface area contributed by atoms with Crippen LogP contribution >= 0.6 is 11.6 Å². The van der Waals surface area contributed by atoms with Gasteiger partial charge < -0.3 is 20.0 Å². The molecule has 0 saturated heterocycles. The van der Waals surface area contributed by atoms with Gasteiger partial charge in [0.1, 0.15) is 17.9 Å². The van der Waals surface area contributed by atoms with E-state index in [1.807, 2.05) is 0 Å². The van der Waals surface area contributed by atoms with E-state index in [1.54, 1.807) is 33.2 Å². The summed E-state index contributed by atoms with van der Waals surface area (Å²) < 4.78 is 0. The zero-order valence-electron chi connectivity index (χ0n) is 16.3. The molecule has 29 heavy (non-hydrogen) atoms. The van der Waals surface area contributed by atoms with Crippen molar-refractivity contribution in [1.29, 1.82) is 10.5 Å². The number of halogens is 1. The van der Waals surface area contributed by atoms with Gasteiger partial charge in [0.25, 0.3) is 5.91 Å². The first-order chi connectivity index (χ1) is 13.5. The SMILES string of the molecule is CC(C#CCN(C)C(=O)/C(C#N)=C(\O)c1cc(Cl)c(O)c(C#N)c1)C(=O)N(C)C. The summed E-state index contributed by atoms with van der Waals surface area (Å²) in [7, 11) is 4.59. The van der Waals surface area contributed by atoms with E-state index < -0.39 is 28.9 Å².